The smallest absolute Gasteiger partial charge is 0.224 e. The molecular weight excluding hydrogens is 176 g/mol. The van der Waals surface area contributed by atoms with Crippen molar-refractivity contribution in [3.63, 3.8) is 0 Å². The van der Waals surface area contributed by atoms with Crippen LogP contribution in [0.2, 0.25) is 0 Å². The molecule has 1 aliphatic heterocycles. The maximum atomic E-state index is 11.8. The zero-order valence-electron chi connectivity index (χ0n) is 8.88. The maximum Gasteiger partial charge on any atom is 0.224 e. The predicted molar refractivity (Wildman–Crippen MR) is 55.9 cm³/mol. The SMILES string of the molecule is CC(NC(=O)[C@@H]1CCCNC1)C1CC1. The molecule has 80 valence electrons. The van der Waals surface area contributed by atoms with Gasteiger partial charge in [0.1, 0.15) is 0 Å². The first-order valence-electron chi connectivity index (χ1n) is 5.78. The molecule has 2 atom stereocenters. The Morgan fingerprint density at radius 2 is 2.21 bits per heavy atom. The molecule has 1 amide bonds. The van der Waals surface area contributed by atoms with E-state index < -0.39 is 0 Å². The average Bonchev–Trinajstić information content (AvgIpc) is 3.02. The minimum absolute atomic E-state index is 0.213. The lowest BCUT2D eigenvalue weighted by Gasteiger charge is -2.23. The summed E-state index contributed by atoms with van der Waals surface area (Å²) in [6.45, 7) is 4.07. The van der Waals surface area contributed by atoms with E-state index >= 15 is 0 Å². The van der Waals surface area contributed by atoms with Gasteiger partial charge in [-0.05, 0) is 45.1 Å². The van der Waals surface area contributed by atoms with Gasteiger partial charge in [-0.1, -0.05) is 0 Å². The van der Waals surface area contributed by atoms with Crippen LogP contribution in [0.15, 0.2) is 0 Å². The van der Waals surface area contributed by atoms with Crippen LogP contribution in [0.1, 0.15) is 32.6 Å². The monoisotopic (exact) mass is 196 g/mol. The van der Waals surface area contributed by atoms with Crippen LogP contribution in [-0.4, -0.2) is 25.0 Å². The van der Waals surface area contributed by atoms with Crippen molar-refractivity contribution in [3.8, 4) is 0 Å². The van der Waals surface area contributed by atoms with E-state index in [1.807, 2.05) is 0 Å². The Kier molecular flexibility index (Phi) is 3.06. The molecule has 14 heavy (non-hydrogen) atoms. The molecule has 0 aromatic heterocycles. The predicted octanol–water partition coefficient (Wildman–Crippen LogP) is 0.901. The van der Waals surface area contributed by atoms with Gasteiger partial charge >= 0.3 is 0 Å². The molecule has 3 heteroatoms. The van der Waals surface area contributed by atoms with E-state index in [2.05, 4.69) is 17.6 Å². The van der Waals surface area contributed by atoms with Crippen LogP contribution >= 0.6 is 0 Å². The first-order chi connectivity index (χ1) is 6.77. The molecule has 2 N–H and O–H groups in total. The number of hydrogen-bond acceptors (Lipinski definition) is 2. The Labute approximate surface area is 85.6 Å². The summed E-state index contributed by atoms with van der Waals surface area (Å²) in [7, 11) is 0. The molecule has 1 saturated carbocycles. The number of carbonyl (C=O) groups is 1. The molecule has 1 saturated heterocycles. The molecule has 0 aromatic rings. The standard InChI is InChI=1S/C11H20N2O/c1-8(9-4-5-9)13-11(14)10-3-2-6-12-7-10/h8-10,12H,2-7H2,1H3,(H,13,14)/t8?,10-/m1/s1. The quantitative estimate of drug-likeness (QED) is 0.704. The Balaban J connectivity index is 1.75. The summed E-state index contributed by atoms with van der Waals surface area (Å²) in [6, 6.07) is 0.393. The third-order valence-corrected chi connectivity index (χ3v) is 3.37. The summed E-state index contributed by atoms with van der Waals surface area (Å²) in [5.41, 5.74) is 0. The van der Waals surface area contributed by atoms with Crippen LogP contribution in [0.3, 0.4) is 0 Å². The highest BCUT2D eigenvalue weighted by Crippen LogP contribution is 2.32. The van der Waals surface area contributed by atoms with Crippen molar-refractivity contribution in [2.45, 2.75) is 38.6 Å². The van der Waals surface area contributed by atoms with Gasteiger partial charge in [0.15, 0.2) is 0 Å². The molecule has 1 aliphatic carbocycles. The molecule has 0 bridgehead atoms. The van der Waals surface area contributed by atoms with Crippen LogP contribution < -0.4 is 10.6 Å². The van der Waals surface area contributed by atoms with Crippen molar-refractivity contribution in [1.29, 1.82) is 0 Å². The summed E-state index contributed by atoms with van der Waals surface area (Å²) in [5, 5.41) is 6.41. The molecular formula is C11H20N2O. The molecule has 0 radical (unpaired) electrons. The number of amides is 1. The Hall–Kier alpha value is -0.570. The van der Waals surface area contributed by atoms with Gasteiger partial charge in [0.2, 0.25) is 5.91 Å². The van der Waals surface area contributed by atoms with Gasteiger partial charge in [-0.3, -0.25) is 4.79 Å². The fourth-order valence-electron chi connectivity index (χ4n) is 2.13. The molecule has 2 rings (SSSR count). The molecule has 0 spiro atoms. The Morgan fingerprint density at radius 1 is 1.43 bits per heavy atom. The van der Waals surface area contributed by atoms with Gasteiger partial charge in [-0.2, -0.15) is 0 Å². The first kappa shape index (κ1) is 9.97. The fraction of sp³-hybridized carbons (Fsp3) is 0.909. The van der Waals surface area contributed by atoms with E-state index in [-0.39, 0.29) is 11.8 Å². The van der Waals surface area contributed by atoms with Gasteiger partial charge in [0.25, 0.3) is 0 Å². The van der Waals surface area contributed by atoms with Gasteiger partial charge in [-0.25, -0.2) is 0 Å². The van der Waals surface area contributed by atoms with Crippen LogP contribution in [0.5, 0.6) is 0 Å². The Bertz CT molecular complexity index is 207. The fourth-order valence-corrected chi connectivity index (χ4v) is 2.13. The minimum atomic E-state index is 0.213. The van der Waals surface area contributed by atoms with Crippen molar-refractivity contribution in [2.75, 3.05) is 13.1 Å². The number of hydrogen-bond donors (Lipinski definition) is 2. The highest BCUT2D eigenvalue weighted by atomic mass is 16.2. The van der Waals surface area contributed by atoms with E-state index in [0.29, 0.717) is 6.04 Å². The summed E-state index contributed by atoms with van der Waals surface area (Å²) in [4.78, 5) is 11.8. The van der Waals surface area contributed by atoms with Crippen molar-refractivity contribution >= 4 is 5.91 Å². The summed E-state index contributed by atoms with van der Waals surface area (Å²) in [6.07, 6.45) is 4.78. The Morgan fingerprint density at radius 3 is 2.79 bits per heavy atom. The maximum absolute atomic E-state index is 11.8. The van der Waals surface area contributed by atoms with Crippen LogP contribution in [-0.2, 0) is 4.79 Å². The molecule has 2 fully saturated rings. The topological polar surface area (TPSA) is 41.1 Å². The minimum Gasteiger partial charge on any atom is -0.353 e. The lowest BCUT2D eigenvalue weighted by molar-refractivity contribution is -0.126. The van der Waals surface area contributed by atoms with E-state index in [9.17, 15) is 4.79 Å². The molecule has 2 aliphatic rings. The van der Waals surface area contributed by atoms with Gasteiger partial charge in [0, 0.05) is 12.6 Å². The van der Waals surface area contributed by atoms with Crippen LogP contribution in [0.4, 0.5) is 0 Å². The van der Waals surface area contributed by atoms with Crippen molar-refractivity contribution in [1.82, 2.24) is 10.6 Å². The average molecular weight is 196 g/mol. The van der Waals surface area contributed by atoms with Gasteiger partial charge < -0.3 is 10.6 Å². The van der Waals surface area contributed by atoms with Crippen LogP contribution in [0.25, 0.3) is 0 Å². The molecule has 0 aromatic carbocycles. The number of nitrogens with one attached hydrogen (secondary N) is 2. The van der Waals surface area contributed by atoms with Gasteiger partial charge in [0.05, 0.1) is 5.92 Å². The van der Waals surface area contributed by atoms with Gasteiger partial charge in [-0.15, -0.1) is 0 Å². The van der Waals surface area contributed by atoms with Crippen molar-refractivity contribution in [2.24, 2.45) is 11.8 Å². The second-order valence-corrected chi connectivity index (χ2v) is 4.68. The van der Waals surface area contributed by atoms with Crippen molar-refractivity contribution in [3.05, 3.63) is 0 Å². The van der Waals surface area contributed by atoms with Crippen LogP contribution in [0, 0.1) is 11.8 Å². The lowest BCUT2D eigenvalue weighted by Crippen LogP contribution is -2.44. The van der Waals surface area contributed by atoms with E-state index in [4.69, 9.17) is 0 Å². The highest BCUT2D eigenvalue weighted by molar-refractivity contribution is 5.79. The summed E-state index contributed by atoms with van der Waals surface area (Å²) < 4.78 is 0. The largest absolute Gasteiger partial charge is 0.353 e. The third kappa shape index (κ3) is 2.47. The van der Waals surface area contributed by atoms with E-state index in [1.54, 1.807) is 0 Å². The zero-order chi connectivity index (χ0) is 9.97. The summed E-state index contributed by atoms with van der Waals surface area (Å²) >= 11 is 0. The number of rotatable bonds is 3. The summed E-state index contributed by atoms with van der Waals surface area (Å²) in [5.74, 6) is 1.23. The zero-order valence-corrected chi connectivity index (χ0v) is 8.88. The third-order valence-electron chi connectivity index (χ3n) is 3.37. The van der Waals surface area contributed by atoms with Crippen molar-refractivity contribution < 1.29 is 4.79 Å². The second kappa shape index (κ2) is 4.30. The van der Waals surface area contributed by atoms with E-state index in [0.717, 1.165) is 31.8 Å². The second-order valence-electron chi connectivity index (χ2n) is 4.68. The lowest BCUT2D eigenvalue weighted by atomic mass is 9.98. The highest BCUT2D eigenvalue weighted by Gasteiger charge is 2.30. The number of piperidine rings is 1. The number of carbonyl (C=O) groups excluding carboxylic acids is 1. The van der Waals surface area contributed by atoms with E-state index in [1.165, 1.54) is 12.8 Å². The first-order valence-corrected chi connectivity index (χ1v) is 5.78. The molecule has 3 nitrogen and oxygen atoms in total. The molecule has 1 heterocycles. The molecule has 1 unspecified atom stereocenters. The normalized spacial score (nSPS) is 29.6.